The molecule has 2 saturated heterocycles. The van der Waals surface area contributed by atoms with Gasteiger partial charge in [0.05, 0.1) is 23.9 Å². The van der Waals surface area contributed by atoms with Crippen LogP contribution < -0.4 is 15.5 Å². The van der Waals surface area contributed by atoms with E-state index in [-0.39, 0.29) is 24.9 Å². The van der Waals surface area contributed by atoms with Gasteiger partial charge in [0.1, 0.15) is 5.82 Å². The maximum absolute atomic E-state index is 15.4. The van der Waals surface area contributed by atoms with Gasteiger partial charge in [0.15, 0.2) is 5.41 Å². The van der Waals surface area contributed by atoms with Gasteiger partial charge in [-0.25, -0.2) is 9.18 Å². The van der Waals surface area contributed by atoms with E-state index in [1.165, 1.54) is 6.07 Å². The lowest BCUT2D eigenvalue weighted by Gasteiger charge is -2.55. The molecular formula is C20H20FN5O5. The summed E-state index contributed by atoms with van der Waals surface area (Å²) in [5.74, 6) is -1.46. The number of urea groups is 1. The smallest absolute Gasteiger partial charge is 0.328 e. The predicted molar refractivity (Wildman–Crippen MR) is 103 cm³/mol. The maximum Gasteiger partial charge on any atom is 0.328 e. The first-order valence-corrected chi connectivity index (χ1v) is 9.93. The molecule has 1 spiro atoms. The van der Waals surface area contributed by atoms with Crippen molar-refractivity contribution >= 4 is 23.5 Å². The monoisotopic (exact) mass is 429 g/mol. The van der Waals surface area contributed by atoms with E-state index in [0.29, 0.717) is 22.7 Å². The van der Waals surface area contributed by atoms with E-state index in [9.17, 15) is 14.4 Å². The molecule has 0 saturated carbocycles. The fourth-order valence-corrected chi connectivity index (χ4v) is 5.08. The number of imide groups is 2. The Hall–Kier alpha value is -3.34. The Morgan fingerprint density at radius 1 is 1.19 bits per heavy atom. The summed E-state index contributed by atoms with van der Waals surface area (Å²) in [6.07, 6.45) is -0.942. The average Bonchev–Trinajstić information content (AvgIpc) is 3.11. The summed E-state index contributed by atoms with van der Waals surface area (Å²) >= 11 is 0. The fourth-order valence-electron chi connectivity index (χ4n) is 5.08. The lowest BCUT2D eigenvalue weighted by molar-refractivity contribution is -0.153. The van der Waals surface area contributed by atoms with E-state index in [1.54, 1.807) is 24.8 Å². The van der Waals surface area contributed by atoms with Gasteiger partial charge < -0.3 is 14.2 Å². The van der Waals surface area contributed by atoms with Crippen molar-refractivity contribution in [2.24, 2.45) is 5.41 Å². The van der Waals surface area contributed by atoms with Gasteiger partial charge in [-0.3, -0.25) is 20.2 Å². The number of nitrogens with zero attached hydrogens (tertiary/aromatic N) is 3. The molecule has 0 bridgehead atoms. The van der Waals surface area contributed by atoms with Crippen LogP contribution in [0.25, 0.3) is 11.4 Å². The van der Waals surface area contributed by atoms with Crippen LogP contribution in [0.2, 0.25) is 0 Å². The zero-order valence-electron chi connectivity index (χ0n) is 17.1. The number of halogens is 1. The number of barbiturate groups is 1. The Bertz CT molecular complexity index is 1110. The number of carbonyl (C=O) groups is 3. The molecule has 2 fully saturated rings. The van der Waals surface area contributed by atoms with Crippen molar-refractivity contribution in [2.45, 2.75) is 45.4 Å². The topological polar surface area (TPSA) is 127 Å². The van der Waals surface area contributed by atoms with Crippen LogP contribution in [0.4, 0.5) is 14.9 Å². The number of aromatic nitrogens is 2. The van der Waals surface area contributed by atoms with Gasteiger partial charge in [-0.1, -0.05) is 5.16 Å². The first-order chi connectivity index (χ1) is 14.7. The Balaban J connectivity index is 1.72. The normalized spacial score (nSPS) is 26.9. The van der Waals surface area contributed by atoms with Crippen LogP contribution in [0.15, 0.2) is 16.7 Å². The molecule has 3 aliphatic heterocycles. The third-order valence-corrected chi connectivity index (χ3v) is 6.14. The highest BCUT2D eigenvalue weighted by Gasteiger charge is 2.63. The molecule has 0 aliphatic carbocycles. The molecule has 31 heavy (non-hydrogen) atoms. The van der Waals surface area contributed by atoms with E-state index in [4.69, 9.17) is 9.26 Å². The van der Waals surface area contributed by atoms with Gasteiger partial charge in [-0.2, -0.15) is 4.98 Å². The standard InChI is InChI=1S/C20H20FN5O5/c1-8-7-26-14-12(4-11(5-13(14)21)16-22-10(3)31-25-16)6-20(15(26)9(2)30-8)17(27)23-19(29)24-18(20)28/h4-5,8-9,15H,6-7H2,1-3H3,(H2,23,24,27,28,29)/t8-,9+,15-/m1/s1. The number of fused-ring (bicyclic) bond motifs is 4. The Morgan fingerprint density at radius 2 is 1.90 bits per heavy atom. The molecule has 2 N–H and O–H groups in total. The summed E-state index contributed by atoms with van der Waals surface area (Å²) in [7, 11) is 0. The number of hydrogen-bond acceptors (Lipinski definition) is 8. The van der Waals surface area contributed by atoms with Crippen LogP contribution in [-0.2, 0) is 20.7 Å². The molecule has 11 heteroatoms. The number of hydrogen-bond donors (Lipinski definition) is 2. The van der Waals surface area contributed by atoms with Crippen molar-refractivity contribution in [3.8, 4) is 11.4 Å². The lowest BCUT2D eigenvalue weighted by atomic mass is 9.66. The number of rotatable bonds is 1. The van der Waals surface area contributed by atoms with Crippen LogP contribution in [0.1, 0.15) is 25.3 Å². The Labute approximate surface area is 176 Å². The second-order valence-corrected chi connectivity index (χ2v) is 8.24. The molecule has 1 aromatic heterocycles. The average molecular weight is 429 g/mol. The van der Waals surface area contributed by atoms with Crippen molar-refractivity contribution in [1.29, 1.82) is 0 Å². The van der Waals surface area contributed by atoms with Crippen molar-refractivity contribution in [2.75, 3.05) is 11.4 Å². The highest BCUT2D eigenvalue weighted by atomic mass is 19.1. The molecular weight excluding hydrogens is 409 g/mol. The highest BCUT2D eigenvalue weighted by Crippen LogP contribution is 2.48. The van der Waals surface area contributed by atoms with Gasteiger partial charge in [0, 0.05) is 25.5 Å². The summed E-state index contributed by atoms with van der Waals surface area (Å²) in [5.41, 5.74) is -0.559. The summed E-state index contributed by atoms with van der Waals surface area (Å²) in [6.45, 7) is 5.48. The van der Waals surface area contributed by atoms with Gasteiger partial charge >= 0.3 is 6.03 Å². The van der Waals surface area contributed by atoms with E-state index in [1.807, 2.05) is 6.92 Å². The number of anilines is 1. The zero-order chi connectivity index (χ0) is 22.1. The van der Waals surface area contributed by atoms with E-state index in [0.717, 1.165) is 0 Å². The largest absolute Gasteiger partial charge is 0.372 e. The molecule has 4 heterocycles. The molecule has 10 nitrogen and oxygen atoms in total. The van der Waals surface area contributed by atoms with Crippen molar-refractivity contribution in [3.63, 3.8) is 0 Å². The second-order valence-electron chi connectivity index (χ2n) is 8.24. The fraction of sp³-hybridized carbons (Fsp3) is 0.450. The van der Waals surface area contributed by atoms with Crippen molar-refractivity contribution < 1.29 is 28.0 Å². The van der Waals surface area contributed by atoms with Gasteiger partial charge in [-0.15, -0.1) is 0 Å². The Morgan fingerprint density at radius 3 is 2.55 bits per heavy atom. The molecule has 5 rings (SSSR count). The number of benzene rings is 1. The number of morpholine rings is 1. The molecule has 0 radical (unpaired) electrons. The minimum Gasteiger partial charge on any atom is -0.372 e. The van der Waals surface area contributed by atoms with Crippen molar-refractivity contribution in [1.82, 2.24) is 20.8 Å². The highest BCUT2D eigenvalue weighted by molar-refractivity contribution is 6.20. The zero-order valence-corrected chi connectivity index (χ0v) is 17.1. The third kappa shape index (κ3) is 2.76. The quantitative estimate of drug-likeness (QED) is 0.645. The molecule has 1 aromatic carbocycles. The minimum absolute atomic E-state index is 0.113. The second kappa shape index (κ2) is 6.58. The number of carbonyl (C=O) groups excluding carboxylic acids is 3. The molecule has 162 valence electrons. The minimum atomic E-state index is -1.67. The van der Waals surface area contributed by atoms with Crippen LogP contribution in [-0.4, -0.2) is 52.8 Å². The molecule has 3 aliphatic rings. The summed E-state index contributed by atoms with van der Waals surface area (Å²) in [6, 6.07) is 1.30. The molecule has 4 amide bonds. The van der Waals surface area contributed by atoms with Crippen molar-refractivity contribution in [3.05, 3.63) is 29.4 Å². The van der Waals surface area contributed by atoms with Crippen LogP contribution >= 0.6 is 0 Å². The maximum atomic E-state index is 15.4. The van der Waals surface area contributed by atoms with Gasteiger partial charge in [-0.05, 0) is 31.5 Å². The van der Waals surface area contributed by atoms with Gasteiger partial charge in [0.2, 0.25) is 23.5 Å². The first-order valence-electron chi connectivity index (χ1n) is 9.93. The SMILES string of the molecule is Cc1nc(-c2cc(F)c3c(c2)CC2(C(=O)NC(=O)NC2=O)[C@H]2[C@H](C)O[C@H](C)CN32)no1. The lowest BCUT2D eigenvalue weighted by Crippen LogP contribution is -2.75. The molecule has 2 aromatic rings. The number of aryl methyl sites for hydroxylation is 1. The molecule has 3 atom stereocenters. The number of nitrogens with one attached hydrogen (secondary N) is 2. The van der Waals surface area contributed by atoms with Crippen LogP contribution in [0, 0.1) is 18.2 Å². The van der Waals surface area contributed by atoms with Crippen LogP contribution in [0.3, 0.4) is 0 Å². The van der Waals surface area contributed by atoms with E-state index >= 15 is 4.39 Å². The predicted octanol–water partition coefficient (Wildman–Crippen LogP) is 1.07. The molecule has 0 unspecified atom stereocenters. The summed E-state index contributed by atoms with van der Waals surface area (Å²) in [4.78, 5) is 43.8. The van der Waals surface area contributed by atoms with Crippen LogP contribution in [0.5, 0.6) is 0 Å². The number of ether oxygens (including phenoxy) is 1. The summed E-state index contributed by atoms with van der Waals surface area (Å²) in [5, 5.41) is 8.25. The van der Waals surface area contributed by atoms with Gasteiger partial charge in [0.25, 0.3) is 0 Å². The third-order valence-electron chi connectivity index (χ3n) is 6.14. The number of amides is 4. The summed E-state index contributed by atoms with van der Waals surface area (Å²) < 4.78 is 26.3. The first kappa shape index (κ1) is 19.6. The van der Waals surface area contributed by atoms with E-state index < -0.39 is 41.2 Å². The Kier molecular flexibility index (Phi) is 4.16. The van der Waals surface area contributed by atoms with E-state index in [2.05, 4.69) is 20.8 Å².